The molecule has 0 unspecified atom stereocenters. The third-order valence-electron chi connectivity index (χ3n) is 2.94. The molecule has 0 aromatic heterocycles. The largest absolute Gasteiger partial charge is 0.478 e. The number of rotatable bonds is 2. The molecular weight excluding hydrogens is 368 g/mol. The Hall–Kier alpha value is -3.04. The number of benzene rings is 2. The Morgan fingerprint density at radius 2 is 1.38 bits per heavy atom. The molecule has 140 valence electrons. The van der Waals surface area contributed by atoms with E-state index in [9.17, 15) is 35.9 Å². The van der Waals surface area contributed by atoms with Gasteiger partial charge in [0.1, 0.15) is 0 Å². The normalized spacial score (nSPS) is 11.3. The standard InChI is InChI=1S/C9H4F6O2.C7H7NO/c10-8(11,12)4-1-2-5(7(16)17)6(3-4)9(13,14)15;8-7(9)6-4-2-1-3-5-6/h1-3H,(H,16,17);1-5H,(H2,8,9). The summed E-state index contributed by atoms with van der Waals surface area (Å²) >= 11 is 0. The zero-order valence-electron chi connectivity index (χ0n) is 12.7. The molecule has 0 spiro atoms. The van der Waals surface area contributed by atoms with Gasteiger partial charge in [-0.05, 0) is 30.3 Å². The topological polar surface area (TPSA) is 80.4 Å². The summed E-state index contributed by atoms with van der Waals surface area (Å²) in [6.45, 7) is 0. The molecule has 3 N–H and O–H groups in total. The maximum atomic E-state index is 12.3. The second-order valence-corrected chi connectivity index (χ2v) is 4.79. The lowest BCUT2D eigenvalue weighted by Gasteiger charge is -2.13. The Morgan fingerprint density at radius 3 is 1.73 bits per heavy atom. The van der Waals surface area contributed by atoms with Gasteiger partial charge in [-0.15, -0.1) is 0 Å². The van der Waals surface area contributed by atoms with Crippen molar-refractivity contribution in [3.05, 3.63) is 70.8 Å². The first-order valence-corrected chi connectivity index (χ1v) is 6.70. The summed E-state index contributed by atoms with van der Waals surface area (Å²) in [6.07, 6.45) is -10.1. The Morgan fingerprint density at radius 1 is 0.846 bits per heavy atom. The molecule has 0 atom stereocenters. The SMILES string of the molecule is NC(=O)c1ccccc1.O=C(O)c1ccc(C(F)(F)F)cc1C(F)(F)F. The van der Waals surface area contributed by atoms with E-state index in [1.807, 2.05) is 6.07 Å². The van der Waals surface area contributed by atoms with Gasteiger partial charge in [0.05, 0.1) is 16.7 Å². The second kappa shape index (κ2) is 7.89. The van der Waals surface area contributed by atoms with E-state index in [4.69, 9.17) is 10.8 Å². The molecule has 0 saturated heterocycles. The van der Waals surface area contributed by atoms with Crippen LogP contribution in [0.15, 0.2) is 48.5 Å². The van der Waals surface area contributed by atoms with Crippen molar-refractivity contribution in [2.24, 2.45) is 5.73 Å². The number of hydrogen-bond acceptors (Lipinski definition) is 2. The summed E-state index contributed by atoms with van der Waals surface area (Å²) in [7, 11) is 0. The number of halogens is 6. The molecule has 0 bridgehead atoms. The lowest BCUT2D eigenvalue weighted by Crippen LogP contribution is -2.15. The number of carbonyl (C=O) groups is 2. The number of aromatic carboxylic acids is 1. The fraction of sp³-hybridized carbons (Fsp3) is 0.125. The molecule has 2 aromatic carbocycles. The first-order valence-electron chi connectivity index (χ1n) is 6.70. The number of amides is 1. The summed E-state index contributed by atoms with van der Waals surface area (Å²) < 4.78 is 73.6. The lowest BCUT2D eigenvalue weighted by atomic mass is 10.0. The van der Waals surface area contributed by atoms with Crippen molar-refractivity contribution in [2.75, 3.05) is 0 Å². The van der Waals surface area contributed by atoms with Gasteiger partial charge in [-0.1, -0.05) is 18.2 Å². The van der Waals surface area contributed by atoms with Gasteiger partial charge in [-0.25, -0.2) is 4.79 Å². The molecule has 1 amide bonds. The number of hydrogen-bond donors (Lipinski definition) is 2. The van der Waals surface area contributed by atoms with E-state index in [0.29, 0.717) is 11.6 Å². The van der Waals surface area contributed by atoms with Crippen LogP contribution in [-0.4, -0.2) is 17.0 Å². The van der Waals surface area contributed by atoms with Gasteiger partial charge in [-0.3, -0.25) is 4.79 Å². The van der Waals surface area contributed by atoms with Crippen LogP contribution in [0.4, 0.5) is 26.3 Å². The van der Waals surface area contributed by atoms with Gasteiger partial charge in [-0.2, -0.15) is 26.3 Å². The second-order valence-electron chi connectivity index (χ2n) is 4.79. The maximum Gasteiger partial charge on any atom is 0.417 e. The third kappa shape index (κ3) is 5.80. The zero-order valence-corrected chi connectivity index (χ0v) is 12.7. The van der Waals surface area contributed by atoms with Gasteiger partial charge < -0.3 is 10.8 Å². The fourth-order valence-corrected chi connectivity index (χ4v) is 1.74. The highest BCUT2D eigenvalue weighted by atomic mass is 19.4. The van der Waals surface area contributed by atoms with Gasteiger partial charge >= 0.3 is 18.3 Å². The van der Waals surface area contributed by atoms with Gasteiger partial charge in [0, 0.05) is 5.56 Å². The van der Waals surface area contributed by atoms with Crippen LogP contribution in [0.25, 0.3) is 0 Å². The summed E-state index contributed by atoms with van der Waals surface area (Å²) in [5.41, 5.74) is 0.945. The minimum atomic E-state index is -5.16. The molecule has 0 fully saturated rings. The molecule has 26 heavy (non-hydrogen) atoms. The lowest BCUT2D eigenvalue weighted by molar-refractivity contribution is -0.143. The molecular formula is C16H11F6NO3. The Labute approximate surface area is 142 Å². The van der Waals surface area contributed by atoms with E-state index in [1.54, 1.807) is 24.3 Å². The quantitative estimate of drug-likeness (QED) is 0.768. The van der Waals surface area contributed by atoms with Crippen molar-refractivity contribution in [2.45, 2.75) is 12.4 Å². The number of carbonyl (C=O) groups excluding carboxylic acids is 1. The molecule has 0 aliphatic heterocycles. The molecule has 0 aliphatic rings. The van der Waals surface area contributed by atoms with Crippen LogP contribution >= 0.6 is 0 Å². The van der Waals surface area contributed by atoms with Crippen molar-refractivity contribution < 1.29 is 41.0 Å². The number of alkyl halides is 6. The van der Waals surface area contributed by atoms with Crippen molar-refractivity contribution in [3.8, 4) is 0 Å². The van der Waals surface area contributed by atoms with Crippen molar-refractivity contribution >= 4 is 11.9 Å². The average Bonchev–Trinajstić information content (AvgIpc) is 2.54. The summed E-state index contributed by atoms with van der Waals surface area (Å²) in [4.78, 5) is 20.9. The third-order valence-corrected chi connectivity index (χ3v) is 2.94. The summed E-state index contributed by atoms with van der Waals surface area (Å²) in [6, 6.07) is 9.12. The highest BCUT2D eigenvalue weighted by Gasteiger charge is 2.39. The van der Waals surface area contributed by atoms with E-state index in [2.05, 4.69) is 0 Å². The predicted octanol–water partition coefficient (Wildman–Crippen LogP) is 4.21. The monoisotopic (exact) mass is 379 g/mol. The van der Waals surface area contributed by atoms with Crippen molar-refractivity contribution in [1.82, 2.24) is 0 Å². The predicted molar refractivity (Wildman–Crippen MR) is 78.4 cm³/mol. The van der Waals surface area contributed by atoms with Crippen LogP contribution in [0.3, 0.4) is 0 Å². The first kappa shape index (κ1) is 21.0. The van der Waals surface area contributed by atoms with E-state index in [0.717, 1.165) is 0 Å². The molecule has 2 rings (SSSR count). The van der Waals surface area contributed by atoms with Crippen molar-refractivity contribution in [1.29, 1.82) is 0 Å². The average molecular weight is 379 g/mol. The molecule has 0 saturated carbocycles. The molecule has 4 nitrogen and oxygen atoms in total. The Balaban J connectivity index is 0.000000314. The molecule has 0 aliphatic carbocycles. The summed E-state index contributed by atoms with van der Waals surface area (Å²) in [5, 5.41) is 8.44. The van der Waals surface area contributed by atoms with Gasteiger partial charge in [0.25, 0.3) is 0 Å². The smallest absolute Gasteiger partial charge is 0.417 e. The van der Waals surface area contributed by atoms with E-state index >= 15 is 0 Å². The van der Waals surface area contributed by atoms with Gasteiger partial charge in [0.2, 0.25) is 5.91 Å². The number of primary amides is 1. The minimum absolute atomic E-state index is 0.219. The fourth-order valence-electron chi connectivity index (χ4n) is 1.74. The van der Waals surface area contributed by atoms with Crippen LogP contribution in [-0.2, 0) is 12.4 Å². The van der Waals surface area contributed by atoms with E-state index < -0.39 is 35.0 Å². The minimum Gasteiger partial charge on any atom is -0.478 e. The zero-order chi connectivity index (χ0) is 20.1. The van der Waals surface area contributed by atoms with Crippen LogP contribution in [0.1, 0.15) is 31.8 Å². The molecule has 10 heteroatoms. The van der Waals surface area contributed by atoms with Crippen molar-refractivity contribution in [3.63, 3.8) is 0 Å². The number of carboxylic acids is 1. The van der Waals surface area contributed by atoms with Crippen LogP contribution in [0, 0.1) is 0 Å². The highest BCUT2D eigenvalue weighted by Crippen LogP contribution is 2.37. The van der Waals surface area contributed by atoms with E-state index in [1.165, 1.54) is 0 Å². The highest BCUT2D eigenvalue weighted by molar-refractivity contribution is 5.92. The molecule has 2 aromatic rings. The Kier molecular flexibility index (Phi) is 6.38. The van der Waals surface area contributed by atoms with Crippen LogP contribution in [0.2, 0.25) is 0 Å². The van der Waals surface area contributed by atoms with Crippen LogP contribution in [0.5, 0.6) is 0 Å². The molecule has 0 radical (unpaired) electrons. The Bertz CT molecular complexity index is 785. The van der Waals surface area contributed by atoms with E-state index in [-0.39, 0.29) is 18.0 Å². The number of carboxylic acid groups (broad SMARTS) is 1. The van der Waals surface area contributed by atoms with Gasteiger partial charge in [0.15, 0.2) is 0 Å². The molecule has 0 heterocycles. The maximum absolute atomic E-state index is 12.3. The van der Waals surface area contributed by atoms with Crippen LogP contribution < -0.4 is 5.73 Å². The number of nitrogens with two attached hydrogens (primary N) is 1. The first-order chi connectivity index (χ1) is 11.8. The summed E-state index contributed by atoms with van der Waals surface area (Å²) in [5.74, 6) is -2.32.